The number of aliphatic hydroxyl groups excluding tert-OH is 4. The maximum absolute atomic E-state index is 12.0. The molecule has 0 rings (SSSR count). The van der Waals surface area contributed by atoms with Crippen LogP contribution in [0.15, 0.2) is 0 Å². The van der Waals surface area contributed by atoms with Crippen molar-refractivity contribution in [3.05, 3.63) is 0 Å². The minimum atomic E-state index is -2.73. The number of Topliss-reactive ketones (excluding diaryl/α,β-unsaturated/α-hetero) is 3. The third-order valence-corrected chi connectivity index (χ3v) is 2.95. The summed E-state index contributed by atoms with van der Waals surface area (Å²) in [6, 6.07) is 0. The summed E-state index contributed by atoms with van der Waals surface area (Å²) in [4.78, 5) is 46.3. The van der Waals surface area contributed by atoms with Gasteiger partial charge in [0.25, 0.3) is 0 Å². The van der Waals surface area contributed by atoms with Gasteiger partial charge in [-0.3, -0.25) is 19.2 Å². The second-order valence-electron chi connectivity index (χ2n) is 4.62. The number of hydrogen-bond acceptors (Lipinski definition) is 8. The topological polar surface area (TPSA) is 161 Å². The fraction of sp³-hybridized carbons (Fsp3) is 0.667. The zero-order valence-electron chi connectivity index (χ0n) is 11.9. The van der Waals surface area contributed by atoms with Gasteiger partial charge in [-0.05, 0) is 6.92 Å². The standard InChI is InChI=1S/C12H19NO8/c1-5(15)10(20)12(6(2)16,13-7(3)17)11(21)9(19)8(18)4-14/h8-9,11,14,18-19,21H,4H2,1-3H3,(H,13,17)/t8-,9-,11+,12+/m1/s1. The molecule has 120 valence electrons. The number of amides is 1. The van der Waals surface area contributed by atoms with Crippen LogP contribution >= 0.6 is 0 Å². The molecular formula is C12H19NO8. The Balaban J connectivity index is 5.99. The fourth-order valence-electron chi connectivity index (χ4n) is 1.85. The van der Waals surface area contributed by atoms with Crippen molar-refractivity contribution in [1.29, 1.82) is 0 Å². The first-order valence-electron chi connectivity index (χ1n) is 6.02. The Hall–Kier alpha value is -1.68. The smallest absolute Gasteiger partial charge is 0.233 e. The Labute approximate surface area is 120 Å². The van der Waals surface area contributed by atoms with E-state index in [-0.39, 0.29) is 0 Å². The van der Waals surface area contributed by atoms with Crippen LogP contribution in [0.3, 0.4) is 0 Å². The number of hydrogen-bond donors (Lipinski definition) is 5. The first-order chi connectivity index (χ1) is 9.52. The monoisotopic (exact) mass is 305 g/mol. The fourth-order valence-corrected chi connectivity index (χ4v) is 1.85. The maximum Gasteiger partial charge on any atom is 0.233 e. The summed E-state index contributed by atoms with van der Waals surface area (Å²) >= 11 is 0. The molecule has 0 aromatic carbocycles. The van der Waals surface area contributed by atoms with E-state index >= 15 is 0 Å². The molecule has 0 fully saturated rings. The van der Waals surface area contributed by atoms with Gasteiger partial charge >= 0.3 is 0 Å². The van der Waals surface area contributed by atoms with E-state index in [4.69, 9.17) is 5.11 Å². The van der Waals surface area contributed by atoms with Crippen LogP contribution in [0.1, 0.15) is 20.8 Å². The van der Waals surface area contributed by atoms with Crippen molar-refractivity contribution < 1.29 is 39.6 Å². The lowest BCUT2D eigenvalue weighted by molar-refractivity contribution is -0.160. The third kappa shape index (κ3) is 3.91. The molecule has 9 nitrogen and oxygen atoms in total. The van der Waals surface area contributed by atoms with Crippen LogP contribution in [0, 0.1) is 0 Å². The van der Waals surface area contributed by atoms with Gasteiger partial charge in [0.2, 0.25) is 11.7 Å². The van der Waals surface area contributed by atoms with Crippen molar-refractivity contribution in [2.75, 3.05) is 6.61 Å². The molecule has 0 heterocycles. The van der Waals surface area contributed by atoms with Crippen LogP contribution in [-0.2, 0) is 19.2 Å². The molecule has 0 saturated carbocycles. The van der Waals surface area contributed by atoms with Crippen molar-refractivity contribution in [1.82, 2.24) is 5.32 Å². The minimum Gasteiger partial charge on any atom is -0.394 e. The van der Waals surface area contributed by atoms with Crippen LogP contribution in [0.4, 0.5) is 0 Å². The normalized spacial score (nSPS) is 18.0. The zero-order chi connectivity index (χ0) is 17.0. The molecule has 0 bridgehead atoms. The Kier molecular flexibility index (Phi) is 6.77. The molecule has 9 heteroatoms. The molecule has 1 amide bonds. The number of aliphatic hydroxyl groups is 4. The summed E-state index contributed by atoms with van der Waals surface area (Å²) in [7, 11) is 0. The van der Waals surface area contributed by atoms with Gasteiger partial charge in [-0.1, -0.05) is 0 Å². The molecule has 5 N–H and O–H groups in total. The van der Waals surface area contributed by atoms with Crippen molar-refractivity contribution in [3.8, 4) is 0 Å². The Morgan fingerprint density at radius 3 is 1.81 bits per heavy atom. The lowest BCUT2D eigenvalue weighted by Crippen LogP contribution is -2.71. The van der Waals surface area contributed by atoms with E-state index in [1.807, 2.05) is 5.32 Å². The van der Waals surface area contributed by atoms with Crippen molar-refractivity contribution in [3.63, 3.8) is 0 Å². The summed E-state index contributed by atoms with van der Waals surface area (Å²) < 4.78 is 0. The highest BCUT2D eigenvalue weighted by atomic mass is 16.4. The van der Waals surface area contributed by atoms with E-state index in [1.165, 1.54) is 0 Å². The lowest BCUT2D eigenvalue weighted by atomic mass is 9.78. The number of rotatable bonds is 8. The average molecular weight is 305 g/mol. The highest BCUT2D eigenvalue weighted by molar-refractivity contribution is 6.45. The van der Waals surface area contributed by atoms with E-state index < -0.39 is 53.7 Å². The Bertz CT molecular complexity index is 449. The predicted octanol–water partition coefficient (Wildman–Crippen LogP) is -3.32. The summed E-state index contributed by atoms with van der Waals surface area (Å²) in [5.74, 6) is -4.59. The molecule has 0 aliphatic heterocycles. The van der Waals surface area contributed by atoms with Crippen LogP contribution in [0.25, 0.3) is 0 Å². The molecule has 0 radical (unpaired) electrons. The SMILES string of the molecule is CC(=O)N[C@@](C(C)=O)(C(=O)C(C)=O)[C@@H](O)[C@H](O)[C@H](O)CO. The van der Waals surface area contributed by atoms with Crippen molar-refractivity contribution >= 4 is 23.3 Å². The molecule has 0 aromatic rings. The van der Waals surface area contributed by atoms with Gasteiger partial charge in [0.1, 0.15) is 18.3 Å². The van der Waals surface area contributed by atoms with Gasteiger partial charge in [0, 0.05) is 13.8 Å². The quantitative estimate of drug-likeness (QED) is 0.230. The molecule has 0 saturated heterocycles. The Morgan fingerprint density at radius 2 is 1.52 bits per heavy atom. The summed E-state index contributed by atoms with van der Waals surface area (Å²) in [5.41, 5.74) is -2.73. The van der Waals surface area contributed by atoms with Crippen LogP contribution in [0.2, 0.25) is 0 Å². The van der Waals surface area contributed by atoms with Gasteiger partial charge < -0.3 is 25.7 Å². The lowest BCUT2D eigenvalue weighted by Gasteiger charge is -2.37. The van der Waals surface area contributed by atoms with E-state index in [0.717, 1.165) is 20.8 Å². The third-order valence-electron chi connectivity index (χ3n) is 2.95. The van der Waals surface area contributed by atoms with Crippen LogP contribution in [-0.4, -0.2) is 74.1 Å². The molecular weight excluding hydrogens is 286 g/mol. The van der Waals surface area contributed by atoms with Gasteiger partial charge in [-0.15, -0.1) is 0 Å². The van der Waals surface area contributed by atoms with E-state index in [2.05, 4.69) is 0 Å². The first-order valence-corrected chi connectivity index (χ1v) is 6.02. The number of nitrogens with one attached hydrogen (secondary N) is 1. The van der Waals surface area contributed by atoms with Crippen molar-refractivity contribution in [2.45, 2.75) is 44.6 Å². The second kappa shape index (κ2) is 7.36. The second-order valence-corrected chi connectivity index (χ2v) is 4.62. The molecule has 0 aliphatic carbocycles. The van der Waals surface area contributed by atoms with E-state index in [9.17, 15) is 34.5 Å². The van der Waals surface area contributed by atoms with E-state index in [0.29, 0.717) is 0 Å². The maximum atomic E-state index is 12.0. The number of carbonyl (C=O) groups excluding carboxylic acids is 4. The van der Waals surface area contributed by atoms with Crippen LogP contribution < -0.4 is 5.32 Å². The molecule has 4 atom stereocenters. The summed E-state index contributed by atoms with van der Waals surface area (Å²) in [5, 5.41) is 39.7. The minimum absolute atomic E-state index is 0.823. The molecule has 0 aliphatic rings. The first kappa shape index (κ1) is 19.3. The Morgan fingerprint density at radius 1 is 1.05 bits per heavy atom. The largest absolute Gasteiger partial charge is 0.394 e. The van der Waals surface area contributed by atoms with Crippen LogP contribution in [0.5, 0.6) is 0 Å². The van der Waals surface area contributed by atoms with Gasteiger partial charge in [0.05, 0.1) is 6.61 Å². The van der Waals surface area contributed by atoms with Crippen molar-refractivity contribution in [2.24, 2.45) is 0 Å². The molecule has 0 spiro atoms. The summed E-state index contributed by atoms with van der Waals surface area (Å²) in [6.07, 6.45) is -6.35. The van der Waals surface area contributed by atoms with Gasteiger partial charge in [-0.2, -0.15) is 0 Å². The number of carbonyl (C=O) groups is 4. The summed E-state index contributed by atoms with van der Waals surface area (Å²) in [6.45, 7) is 1.62. The molecule has 0 aromatic heterocycles. The molecule has 0 unspecified atom stereocenters. The highest BCUT2D eigenvalue weighted by Gasteiger charge is 2.55. The molecule has 21 heavy (non-hydrogen) atoms. The van der Waals surface area contributed by atoms with Gasteiger partial charge in [-0.25, -0.2) is 0 Å². The number of ketones is 3. The van der Waals surface area contributed by atoms with E-state index in [1.54, 1.807) is 0 Å². The highest BCUT2D eigenvalue weighted by Crippen LogP contribution is 2.20. The zero-order valence-corrected chi connectivity index (χ0v) is 11.9. The van der Waals surface area contributed by atoms with Gasteiger partial charge in [0.15, 0.2) is 17.1 Å². The predicted molar refractivity (Wildman–Crippen MR) is 68.0 cm³/mol. The average Bonchev–Trinajstić information content (AvgIpc) is 2.40.